The van der Waals surface area contributed by atoms with E-state index in [-0.39, 0.29) is 12.0 Å². The zero-order valence-electron chi connectivity index (χ0n) is 14.0. The fourth-order valence-electron chi connectivity index (χ4n) is 4.25. The number of benzene rings is 2. The topological polar surface area (TPSA) is 49.8 Å². The highest BCUT2D eigenvalue weighted by atomic mass is 79.9. The van der Waals surface area contributed by atoms with Crippen molar-refractivity contribution >= 4 is 21.8 Å². The minimum absolute atomic E-state index is 0.0354. The molecule has 0 bridgehead atoms. The van der Waals surface area contributed by atoms with Crippen molar-refractivity contribution < 1.29 is 14.6 Å². The number of rotatable bonds is 3. The first-order valence-corrected chi connectivity index (χ1v) is 9.26. The van der Waals surface area contributed by atoms with Gasteiger partial charge in [0, 0.05) is 23.0 Å². The van der Waals surface area contributed by atoms with Crippen molar-refractivity contribution in [3.05, 3.63) is 63.6 Å². The van der Waals surface area contributed by atoms with Crippen LogP contribution in [0.3, 0.4) is 0 Å². The highest BCUT2D eigenvalue weighted by Crippen LogP contribution is 2.51. The number of carbonyl (C=O) groups excluding carboxylic acids is 1. The third-order valence-corrected chi connectivity index (χ3v) is 5.91. The minimum atomic E-state index is -0.407. The first-order chi connectivity index (χ1) is 12.0. The van der Waals surface area contributed by atoms with Gasteiger partial charge in [-0.25, -0.2) is 0 Å². The van der Waals surface area contributed by atoms with Crippen LogP contribution in [0.2, 0.25) is 0 Å². The quantitative estimate of drug-likeness (QED) is 0.849. The number of carbonyl (C=O) groups is 1. The zero-order chi connectivity index (χ0) is 17.6. The molecule has 0 saturated heterocycles. The first-order valence-electron chi connectivity index (χ1n) is 8.46. The molecule has 4 nitrogen and oxygen atoms in total. The van der Waals surface area contributed by atoms with Crippen molar-refractivity contribution in [3.63, 3.8) is 0 Å². The van der Waals surface area contributed by atoms with Crippen LogP contribution >= 0.6 is 15.9 Å². The summed E-state index contributed by atoms with van der Waals surface area (Å²) in [6.45, 7) is 0.509. The summed E-state index contributed by atoms with van der Waals surface area (Å²) in [6.07, 6.45) is 1.74. The van der Waals surface area contributed by atoms with E-state index in [4.69, 9.17) is 4.74 Å². The van der Waals surface area contributed by atoms with Crippen LogP contribution < -0.4 is 4.74 Å². The summed E-state index contributed by atoms with van der Waals surface area (Å²) in [4.78, 5) is 15.1. The molecule has 1 aliphatic heterocycles. The summed E-state index contributed by atoms with van der Waals surface area (Å²) in [6, 6.07) is 13.7. The lowest BCUT2D eigenvalue weighted by Gasteiger charge is -2.36. The molecule has 1 heterocycles. The van der Waals surface area contributed by atoms with Gasteiger partial charge in [0.2, 0.25) is 0 Å². The summed E-state index contributed by atoms with van der Waals surface area (Å²) in [5.74, 6) is 0.818. The van der Waals surface area contributed by atoms with Gasteiger partial charge < -0.3 is 14.7 Å². The molecule has 2 aliphatic rings. The maximum atomic E-state index is 13.2. The summed E-state index contributed by atoms with van der Waals surface area (Å²) in [5.41, 5.74) is 2.40. The number of methoxy groups -OCH3 is 1. The van der Waals surface area contributed by atoms with E-state index in [1.807, 2.05) is 47.4 Å². The second-order valence-electron chi connectivity index (χ2n) is 6.86. The van der Waals surface area contributed by atoms with E-state index in [9.17, 15) is 9.90 Å². The Balaban J connectivity index is 1.77. The molecule has 0 radical (unpaired) electrons. The number of aliphatic hydroxyl groups is 1. The molecule has 4 rings (SSSR count). The Hall–Kier alpha value is -1.85. The molecule has 0 aromatic heterocycles. The maximum Gasteiger partial charge on any atom is 0.255 e. The molecule has 130 valence electrons. The lowest BCUT2D eigenvalue weighted by molar-refractivity contribution is 0.0485. The SMILES string of the molecule is COc1cccc(CN2C(=O)c3cc(Br)ccc3C23CCC(O)C3)c1. The Morgan fingerprint density at radius 3 is 2.88 bits per heavy atom. The predicted octanol–water partition coefficient (Wildman–Crippen LogP) is 3.85. The van der Waals surface area contributed by atoms with Crippen LogP contribution in [-0.4, -0.2) is 29.1 Å². The van der Waals surface area contributed by atoms with E-state index in [0.717, 1.165) is 39.8 Å². The van der Waals surface area contributed by atoms with Crippen LogP contribution in [0.1, 0.15) is 40.7 Å². The number of nitrogens with zero attached hydrogens (tertiary/aromatic N) is 1. The van der Waals surface area contributed by atoms with Crippen molar-refractivity contribution in [1.29, 1.82) is 0 Å². The highest BCUT2D eigenvalue weighted by Gasteiger charge is 2.53. The molecule has 1 spiro atoms. The number of hydrogen-bond acceptors (Lipinski definition) is 3. The number of fused-ring (bicyclic) bond motifs is 2. The molecule has 5 heteroatoms. The van der Waals surface area contributed by atoms with Gasteiger partial charge in [0.15, 0.2) is 0 Å². The van der Waals surface area contributed by atoms with Gasteiger partial charge in [-0.15, -0.1) is 0 Å². The average molecular weight is 402 g/mol. The Morgan fingerprint density at radius 2 is 2.16 bits per heavy atom. The van der Waals surface area contributed by atoms with Gasteiger partial charge >= 0.3 is 0 Å². The summed E-state index contributed by atoms with van der Waals surface area (Å²) in [5, 5.41) is 10.2. The monoisotopic (exact) mass is 401 g/mol. The lowest BCUT2D eigenvalue weighted by atomic mass is 9.87. The summed E-state index contributed by atoms with van der Waals surface area (Å²) in [7, 11) is 1.64. The van der Waals surface area contributed by atoms with Crippen LogP contribution in [0.4, 0.5) is 0 Å². The van der Waals surface area contributed by atoms with Gasteiger partial charge in [0.25, 0.3) is 5.91 Å². The zero-order valence-corrected chi connectivity index (χ0v) is 15.6. The van der Waals surface area contributed by atoms with Gasteiger partial charge in [0.1, 0.15) is 5.75 Å². The summed E-state index contributed by atoms with van der Waals surface area (Å²) >= 11 is 3.47. The molecule has 2 atom stereocenters. The van der Waals surface area contributed by atoms with E-state index in [1.54, 1.807) is 7.11 Å². The van der Waals surface area contributed by atoms with Crippen LogP contribution in [0, 0.1) is 0 Å². The predicted molar refractivity (Wildman–Crippen MR) is 98.5 cm³/mol. The Bertz CT molecular complexity index is 837. The van der Waals surface area contributed by atoms with Gasteiger partial charge in [-0.2, -0.15) is 0 Å². The Morgan fingerprint density at radius 1 is 1.32 bits per heavy atom. The van der Waals surface area contributed by atoms with Crippen molar-refractivity contribution in [3.8, 4) is 5.75 Å². The van der Waals surface area contributed by atoms with Gasteiger partial charge in [-0.05, 0) is 48.2 Å². The molecule has 2 aromatic carbocycles. The molecule has 25 heavy (non-hydrogen) atoms. The lowest BCUT2D eigenvalue weighted by Crippen LogP contribution is -2.41. The van der Waals surface area contributed by atoms with Crippen molar-refractivity contribution in [1.82, 2.24) is 4.90 Å². The van der Waals surface area contributed by atoms with Crippen molar-refractivity contribution in [2.45, 2.75) is 37.5 Å². The number of hydrogen-bond donors (Lipinski definition) is 1. The second-order valence-corrected chi connectivity index (χ2v) is 7.78. The largest absolute Gasteiger partial charge is 0.497 e. The van der Waals surface area contributed by atoms with Crippen LogP contribution in [0.5, 0.6) is 5.75 Å². The Kier molecular flexibility index (Phi) is 4.08. The molecule has 1 aliphatic carbocycles. The first kappa shape index (κ1) is 16.6. The number of ether oxygens (including phenoxy) is 1. The molecular weight excluding hydrogens is 382 g/mol. The van der Waals surface area contributed by atoms with Crippen molar-refractivity contribution in [2.24, 2.45) is 0 Å². The van der Waals surface area contributed by atoms with E-state index in [1.165, 1.54) is 0 Å². The minimum Gasteiger partial charge on any atom is -0.497 e. The van der Waals surface area contributed by atoms with Gasteiger partial charge in [-0.3, -0.25) is 4.79 Å². The average Bonchev–Trinajstić information content (AvgIpc) is 3.10. The smallest absolute Gasteiger partial charge is 0.255 e. The molecule has 1 N–H and O–H groups in total. The molecule has 1 saturated carbocycles. The fraction of sp³-hybridized carbons (Fsp3) is 0.350. The van der Waals surface area contributed by atoms with Crippen molar-refractivity contribution in [2.75, 3.05) is 7.11 Å². The molecule has 2 unspecified atom stereocenters. The van der Waals surface area contributed by atoms with E-state index >= 15 is 0 Å². The van der Waals surface area contributed by atoms with E-state index in [2.05, 4.69) is 15.9 Å². The van der Waals surface area contributed by atoms with Crippen LogP contribution in [0.15, 0.2) is 46.9 Å². The third kappa shape index (κ3) is 2.66. The highest BCUT2D eigenvalue weighted by molar-refractivity contribution is 9.10. The Labute approximate surface area is 155 Å². The molecule has 2 aromatic rings. The maximum absolute atomic E-state index is 13.2. The third-order valence-electron chi connectivity index (χ3n) is 5.41. The molecular formula is C20H20BrNO3. The summed E-state index contributed by atoms with van der Waals surface area (Å²) < 4.78 is 6.21. The van der Waals surface area contributed by atoms with E-state index < -0.39 is 5.54 Å². The van der Waals surface area contributed by atoms with Gasteiger partial charge in [-0.1, -0.05) is 34.1 Å². The standard InChI is InChI=1S/C20H20BrNO3/c1-25-16-4-2-3-13(9-16)12-22-19(24)17-10-14(21)5-6-18(17)20(22)8-7-15(23)11-20/h2-6,9-10,15,23H,7-8,11-12H2,1H3. The number of aliphatic hydroxyl groups excluding tert-OH is 1. The normalized spacial score (nSPS) is 24.8. The molecule has 1 fully saturated rings. The molecule has 1 amide bonds. The van der Waals surface area contributed by atoms with Gasteiger partial charge in [0.05, 0.1) is 18.8 Å². The number of amides is 1. The van der Waals surface area contributed by atoms with Crippen LogP contribution in [-0.2, 0) is 12.1 Å². The fourth-order valence-corrected chi connectivity index (χ4v) is 4.61. The van der Waals surface area contributed by atoms with E-state index in [0.29, 0.717) is 13.0 Å². The van der Waals surface area contributed by atoms with Crippen LogP contribution in [0.25, 0.3) is 0 Å². The second kappa shape index (κ2) is 6.15. The number of halogens is 1.